The van der Waals surface area contributed by atoms with Crippen LogP contribution in [0.25, 0.3) is 10.8 Å². The average Bonchev–Trinajstić information content (AvgIpc) is 2.84. The Morgan fingerprint density at radius 2 is 0.971 bits per heavy atom. The minimum atomic E-state index is 0.00807. The highest BCUT2D eigenvalue weighted by Gasteiger charge is 2.26. The van der Waals surface area contributed by atoms with E-state index in [4.69, 9.17) is 0 Å². The molecule has 2 saturated carbocycles. The van der Waals surface area contributed by atoms with E-state index in [9.17, 15) is 9.59 Å². The Hall–Kier alpha value is -2.36. The molecule has 184 valence electrons. The predicted octanol–water partition coefficient (Wildman–Crippen LogP) is 6.73. The topological polar surface area (TPSA) is 58.2 Å². The van der Waals surface area contributed by atoms with Gasteiger partial charge in [-0.05, 0) is 110 Å². The smallest absolute Gasteiger partial charge is 0.251 e. The molecule has 0 aliphatic heterocycles. The molecule has 0 saturated heterocycles. The van der Waals surface area contributed by atoms with Crippen LogP contribution in [0.15, 0.2) is 36.4 Å². The summed E-state index contributed by atoms with van der Waals surface area (Å²) in [4.78, 5) is 25.7. The number of rotatable bonds is 6. The molecule has 0 radical (unpaired) electrons. The number of fused-ring (bicyclic) bond motifs is 1. The molecule has 2 aliphatic carbocycles. The molecule has 2 aliphatic rings. The van der Waals surface area contributed by atoms with Crippen LogP contribution in [0.2, 0.25) is 0 Å². The van der Waals surface area contributed by atoms with Gasteiger partial charge in [0.15, 0.2) is 0 Å². The van der Waals surface area contributed by atoms with Gasteiger partial charge in [-0.3, -0.25) is 9.59 Å². The number of amides is 2. The van der Waals surface area contributed by atoms with Gasteiger partial charge in [-0.1, -0.05) is 39.8 Å². The second kappa shape index (κ2) is 10.9. The number of carbonyl (C=O) groups excluding carboxylic acids is 2. The van der Waals surface area contributed by atoms with Crippen molar-refractivity contribution < 1.29 is 9.59 Å². The lowest BCUT2D eigenvalue weighted by Crippen LogP contribution is -2.38. The van der Waals surface area contributed by atoms with Gasteiger partial charge >= 0.3 is 0 Å². The summed E-state index contributed by atoms with van der Waals surface area (Å²) in [5.74, 6) is 3.04. The van der Waals surface area contributed by atoms with E-state index in [0.29, 0.717) is 11.1 Å². The number of benzene rings is 2. The van der Waals surface area contributed by atoms with Crippen molar-refractivity contribution in [1.29, 1.82) is 0 Å². The van der Waals surface area contributed by atoms with Crippen molar-refractivity contribution in [2.24, 2.45) is 23.7 Å². The zero-order valence-electron chi connectivity index (χ0n) is 21.4. The molecule has 0 unspecified atom stereocenters. The van der Waals surface area contributed by atoms with Crippen molar-refractivity contribution in [2.45, 2.75) is 91.1 Å². The summed E-state index contributed by atoms with van der Waals surface area (Å²) in [6.45, 7) is 9.19. The average molecular weight is 463 g/mol. The highest BCUT2D eigenvalue weighted by atomic mass is 16.2. The van der Waals surface area contributed by atoms with Gasteiger partial charge in [0.1, 0.15) is 0 Å². The molecule has 4 nitrogen and oxygen atoms in total. The fourth-order valence-corrected chi connectivity index (χ4v) is 5.93. The minimum Gasteiger partial charge on any atom is -0.349 e. The maximum atomic E-state index is 12.9. The third-order valence-corrected chi connectivity index (χ3v) is 8.46. The summed E-state index contributed by atoms with van der Waals surface area (Å²) in [6, 6.07) is 12.1. The van der Waals surface area contributed by atoms with Crippen LogP contribution < -0.4 is 10.6 Å². The molecule has 0 atom stereocenters. The van der Waals surface area contributed by atoms with Crippen LogP contribution in [0, 0.1) is 23.7 Å². The van der Waals surface area contributed by atoms with Gasteiger partial charge < -0.3 is 10.6 Å². The largest absolute Gasteiger partial charge is 0.349 e. The third kappa shape index (κ3) is 6.00. The summed E-state index contributed by atoms with van der Waals surface area (Å²) in [5.41, 5.74) is 1.38. The molecule has 2 fully saturated rings. The first-order valence-electron chi connectivity index (χ1n) is 13.5. The number of hydrogen-bond acceptors (Lipinski definition) is 2. The summed E-state index contributed by atoms with van der Waals surface area (Å²) < 4.78 is 0. The lowest BCUT2D eigenvalue weighted by atomic mass is 9.79. The number of nitrogens with one attached hydrogen (secondary N) is 2. The van der Waals surface area contributed by atoms with Crippen LogP contribution in [0.3, 0.4) is 0 Å². The predicted molar refractivity (Wildman–Crippen MR) is 140 cm³/mol. The van der Waals surface area contributed by atoms with E-state index in [0.717, 1.165) is 60.1 Å². The quantitative estimate of drug-likeness (QED) is 0.500. The molecule has 0 spiro atoms. The van der Waals surface area contributed by atoms with E-state index in [1.807, 2.05) is 36.4 Å². The van der Waals surface area contributed by atoms with E-state index in [-0.39, 0.29) is 23.9 Å². The Morgan fingerprint density at radius 3 is 1.29 bits per heavy atom. The highest BCUT2D eigenvalue weighted by Crippen LogP contribution is 2.31. The van der Waals surface area contributed by atoms with Crippen LogP contribution in [-0.4, -0.2) is 23.9 Å². The van der Waals surface area contributed by atoms with Crippen LogP contribution in [0.5, 0.6) is 0 Å². The van der Waals surface area contributed by atoms with Crippen molar-refractivity contribution in [3.05, 3.63) is 47.5 Å². The zero-order chi connectivity index (χ0) is 24.2. The molecule has 0 aromatic heterocycles. The van der Waals surface area contributed by atoms with Crippen molar-refractivity contribution in [2.75, 3.05) is 0 Å². The molecule has 2 N–H and O–H groups in total. The van der Waals surface area contributed by atoms with Crippen molar-refractivity contribution >= 4 is 22.6 Å². The first-order valence-corrected chi connectivity index (χ1v) is 13.5. The van der Waals surface area contributed by atoms with Gasteiger partial charge in [0.2, 0.25) is 0 Å². The lowest BCUT2D eigenvalue weighted by Gasteiger charge is -2.31. The second-order valence-corrected chi connectivity index (χ2v) is 11.4. The van der Waals surface area contributed by atoms with Crippen molar-refractivity contribution in [1.82, 2.24) is 10.6 Å². The first-order chi connectivity index (χ1) is 16.3. The Balaban J connectivity index is 1.34. The molecule has 0 heterocycles. The van der Waals surface area contributed by atoms with E-state index < -0.39 is 0 Å². The Bertz CT molecular complexity index is 915. The molecule has 2 aromatic carbocycles. The van der Waals surface area contributed by atoms with Crippen LogP contribution >= 0.6 is 0 Å². The standard InChI is InChI=1S/C30H42N2O2/c1-19(2)21-9-13-27(14-10-21)31-29(33)25-7-5-24-18-26(8-6-23(24)17-25)30(34)32-28-15-11-22(12-16-28)20(3)4/h5-8,17-22,27-28H,9-16H2,1-4H3,(H,31,33)(H,32,34). The molecule has 2 amide bonds. The number of hydrogen-bond donors (Lipinski definition) is 2. The zero-order valence-corrected chi connectivity index (χ0v) is 21.4. The van der Waals surface area contributed by atoms with Gasteiger partial charge in [-0.25, -0.2) is 0 Å². The third-order valence-electron chi connectivity index (χ3n) is 8.46. The van der Waals surface area contributed by atoms with Crippen molar-refractivity contribution in [3.8, 4) is 0 Å². The normalized spacial score (nSPS) is 25.5. The Kier molecular flexibility index (Phi) is 7.95. The first kappa shape index (κ1) is 24.8. The summed E-state index contributed by atoms with van der Waals surface area (Å²) in [7, 11) is 0. The molecule has 4 rings (SSSR count). The maximum Gasteiger partial charge on any atom is 0.251 e. The fourth-order valence-electron chi connectivity index (χ4n) is 5.93. The van der Waals surface area contributed by atoms with Crippen LogP contribution in [-0.2, 0) is 0 Å². The Morgan fingerprint density at radius 1 is 0.618 bits per heavy atom. The monoisotopic (exact) mass is 462 g/mol. The number of carbonyl (C=O) groups is 2. The molecular weight excluding hydrogens is 420 g/mol. The molecule has 4 heteroatoms. The summed E-state index contributed by atoms with van der Waals surface area (Å²) in [6.07, 6.45) is 9.07. The SMILES string of the molecule is CC(C)C1CCC(NC(=O)c2ccc3cc(C(=O)NC4CCC(C(C)C)CC4)ccc3c2)CC1. The molecular formula is C30H42N2O2. The van der Waals surface area contributed by atoms with Gasteiger partial charge in [0.25, 0.3) is 11.8 Å². The maximum absolute atomic E-state index is 12.9. The lowest BCUT2D eigenvalue weighted by molar-refractivity contribution is 0.0909. The van der Waals surface area contributed by atoms with Gasteiger partial charge in [-0.15, -0.1) is 0 Å². The van der Waals surface area contributed by atoms with E-state index >= 15 is 0 Å². The van der Waals surface area contributed by atoms with E-state index in [1.54, 1.807) is 0 Å². The second-order valence-electron chi connectivity index (χ2n) is 11.4. The van der Waals surface area contributed by atoms with Crippen molar-refractivity contribution in [3.63, 3.8) is 0 Å². The minimum absolute atomic E-state index is 0.00807. The van der Waals surface area contributed by atoms with E-state index in [2.05, 4.69) is 38.3 Å². The summed E-state index contributed by atoms with van der Waals surface area (Å²) >= 11 is 0. The fraction of sp³-hybridized carbons (Fsp3) is 0.600. The Labute approximate surface area is 205 Å². The van der Waals surface area contributed by atoms with Crippen LogP contribution in [0.4, 0.5) is 0 Å². The molecule has 0 bridgehead atoms. The van der Waals surface area contributed by atoms with Crippen LogP contribution in [0.1, 0.15) is 99.8 Å². The van der Waals surface area contributed by atoms with Gasteiger partial charge in [-0.2, -0.15) is 0 Å². The summed E-state index contributed by atoms with van der Waals surface area (Å²) in [5, 5.41) is 8.46. The van der Waals surface area contributed by atoms with Gasteiger partial charge in [0, 0.05) is 23.2 Å². The molecule has 34 heavy (non-hydrogen) atoms. The van der Waals surface area contributed by atoms with Gasteiger partial charge in [0.05, 0.1) is 0 Å². The highest BCUT2D eigenvalue weighted by molar-refractivity contribution is 6.02. The van der Waals surface area contributed by atoms with E-state index in [1.165, 1.54) is 25.7 Å². The molecule has 2 aromatic rings.